The first-order chi connectivity index (χ1) is 8.63. The molecule has 0 radical (unpaired) electrons. The first-order valence-corrected chi connectivity index (χ1v) is 6.99. The van der Waals surface area contributed by atoms with E-state index >= 15 is 0 Å². The van der Waals surface area contributed by atoms with Crippen molar-refractivity contribution in [1.29, 1.82) is 0 Å². The molecule has 2 aromatic rings. The minimum absolute atomic E-state index is 0.573. The molecule has 0 aliphatic heterocycles. The van der Waals surface area contributed by atoms with Crippen LogP contribution in [0, 0.1) is 6.92 Å². The minimum atomic E-state index is 0.573. The number of aromatic amines is 1. The van der Waals surface area contributed by atoms with Gasteiger partial charge < -0.3 is 10.3 Å². The summed E-state index contributed by atoms with van der Waals surface area (Å²) in [5.41, 5.74) is 5.63. The molecule has 18 heavy (non-hydrogen) atoms. The summed E-state index contributed by atoms with van der Waals surface area (Å²) in [5, 5.41) is 5.10. The van der Waals surface area contributed by atoms with E-state index in [4.69, 9.17) is 0 Å². The van der Waals surface area contributed by atoms with E-state index in [-0.39, 0.29) is 0 Å². The van der Waals surface area contributed by atoms with Crippen LogP contribution in [0.1, 0.15) is 37.1 Å². The third-order valence-electron chi connectivity index (χ3n) is 3.91. The van der Waals surface area contributed by atoms with Crippen LogP contribution < -0.4 is 5.32 Å². The van der Waals surface area contributed by atoms with E-state index in [1.54, 1.807) is 0 Å². The highest BCUT2D eigenvalue weighted by molar-refractivity contribution is 5.85. The van der Waals surface area contributed by atoms with Crippen molar-refractivity contribution < 1.29 is 0 Å². The lowest BCUT2D eigenvalue weighted by Crippen LogP contribution is -2.38. The number of benzene rings is 1. The first-order valence-electron chi connectivity index (χ1n) is 6.99. The number of hydrogen-bond donors (Lipinski definition) is 2. The molecule has 3 rings (SSSR count). The minimum Gasteiger partial charge on any atom is -0.358 e. The van der Waals surface area contributed by atoms with Crippen LogP contribution >= 0.6 is 0 Å². The maximum absolute atomic E-state index is 3.67. The third kappa shape index (κ3) is 2.05. The van der Waals surface area contributed by atoms with Gasteiger partial charge >= 0.3 is 0 Å². The van der Waals surface area contributed by atoms with Gasteiger partial charge in [0.2, 0.25) is 0 Å². The Morgan fingerprint density at radius 2 is 2.17 bits per heavy atom. The Labute approximate surface area is 109 Å². The number of H-pyrrole nitrogens is 1. The fourth-order valence-corrected chi connectivity index (χ4v) is 3.15. The monoisotopic (exact) mass is 242 g/mol. The molecule has 2 nitrogen and oxygen atoms in total. The molecule has 1 heterocycles. The Balaban J connectivity index is 1.96. The summed E-state index contributed by atoms with van der Waals surface area (Å²) in [6.07, 6.45) is 3.58. The second-order valence-corrected chi connectivity index (χ2v) is 5.89. The van der Waals surface area contributed by atoms with E-state index in [0.717, 1.165) is 6.42 Å². The van der Waals surface area contributed by atoms with Gasteiger partial charge in [-0.2, -0.15) is 0 Å². The van der Waals surface area contributed by atoms with Gasteiger partial charge in [0, 0.05) is 28.7 Å². The molecule has 0 saturated heterocycles. The van der Waals surface area contributed by atoms with Gasteiger partial charge in [0.25, 0.3) is 0 Å². The zero-order chi connectivity index (χ0) is 12.7. The summed E-state index contributed by atoms with van der Waals surface area (Å²) < 4.78 is 0. The molecule has 1 atom stereocenters. The Hall–Kier alpha value is -1.28. The normalized spacial score (nSPS) is 19.4. The van der Waals surface area contributed by atoms with Crippen molar-refractivity contribution in [1.82, 2.24) is 10.3 Å². The average Bonchev–Trinajstić information content (AvgIpc) is 2.65. The van der Waals surface area contributed by atoms with Gasteiger partial charge in [-0.1, -0.05) is 26.0 Å². The van der Waals surface area contributed by atoms with Crippen LogP contribution in [0.4, 0.5) is 0 Å². The molecular weight excluding hydrogens is 220 g/mol. The second kappa shape index (κ2) is 4.43. The molecule has 1 aliphatic carbocycles. The molecule has 1 unspecified atom stereocenters. The highest BCUT2D eigenvalue weighted by Crippen LogP contribution is 2.29. The lowest BCUT2D eigenvalue weighted by atomic mass is 9.91. The molecule has 2 N–H and O–H groups in total. The van der Waals surface area contributed by atoms with Crippen LogP contribution in [0.15, 0.2) is 18.2 Å². The lowest BCUT2D eigenvalue weighted by Gasteiger charge is -2.25. The first kappa shape index (κ1) is 11.8. The predicted octanol–water partition coefficient (Wildman–Crippen LogP) is 3.33. The van der Waals surface area contributed by atoms with Crippen molar-refractivity contribution in [2.75, 3.05) is 0 Å². The maximum atomic E-state index is 3.67. The van der Waals surface area contributed by atoms with Crippen LogP contribution in [0.2, 0.25) is 0 Å². The lowest BCUT2D eigenvalue weighted by molar-refractivity contribution is 0.421. The van der Waals surface area contributed by atoms with E-state index in [2.05, 4.69) is 49.3 Å². The van der Waals surface area contributed by atoms with Gasteiger partial charge in [-0.15, -0.1) is 0 Å². The number of nitrogens with one attached hydrogen (secondary N) is 2. The summed E-state index contributed by atoms with van der Waals surface area (Å²) in [4.78, 5) is 3.60. The molecular formula is C16H22N2. The van der Waals surface area contributed by atoms with Crippen LogP contribution in [-0.2, 0) is 12.8 Å². The highest BCUT2D eigenvalue weighted by Gasteiger charge is 2.22. The van der Waals surface area contributed by atoms with Crippen LogP contribution in [0.5, 0.6) is 0 Å². The average molecular weight is 242 g/mol. The van der Waals surface area contributed by atoms with E-state index in [9.17, 15) is 0 Å². The van der Waals surface area contributed by atoms with Crippen molar-refractivity contribution in [3.63, 3.8) is 0 Å². The van der Waals surface area contributed by atoms with Gasteiger partial charge in [-0.05, 0) is 43.4 Å². The molecule has 1 aromatic carbocycles. The van der Waals surface area contributed by atoms with Crippen molar-refractivity contribution >= 4 is 10.9 Å². The fraction of sp³-hybridized carbons (Fsp3) is 0.500. The number of aromatic nitrogens is 1. The number of aryl methyl sites for hydroxylation is 2. The SMILES string of the molecule is Cc1ccc2c3c([nH]c2c1)CCC(NC(C)C)C3. The second-order valence-electron chi connectivity index (χ2n) is 5.89. The molecule has 1 aromatic heterocycles. The molecule has 96 valence electrons. The smallest absolute Gasteiger partial charge is 0.0461 e. The van der Waals surface area contributed by atoms with E-state index < -0.39 is 0 Å². The maximum Gasteiger partial charge on any atom is 0.0461 e. The Bertz CT molecular complexity index is 566. The van der Waals surface area contributed by atoms with Gasteiger partial charge in [0.15, 0.2) is 0 Å². The summed E-state index contributed by atoms with van der Waals surface area (Å²) >= 11 is 0. The molecule has 0 spiro atoms. The fourth-order valence-electron chi connectivity index (χ4n) is 3.15. The van der Waals surface area contributed by atoms with Crippen molar-refractivity contribution in [2.24, 2.45) is 0 Å². The molecule has 2 heteroatoms. The van der Waals surface area contributed by atoms with Gasteiger partial charge in [-0.25, -0.2) is 0 Å². The summed E-state index contributed by atoms with van der Waals surface area (Å²) in [6.45, 7) is 6.62. The van der Waals surface area contributed by atoms with Gasteiger partial charge in [0.1, 0.15) is 0 Å². The van der Waals surface area contributed by atoms with Crippen molar-refractivity contribution in [3.8, 4) is 0 Å². The quantitative estimate of drug-likeness (QED) is 0.830. The Morgan fingerprint density at radius 1 is 1.33 bits per heavy atom. The van der Waals surface area contributed by atoms with Crippen LogP contribution in [0.25, 0.3) is 10.9 Å². The number of hydrogen-bond acceptors (Lipinski definition) is 1. The van der Waals surface area contributed by atoms with E-state index in [1.807, 2.05) is 0 Å². The zero-order valence-electron chi connectivity index (χ0n) is 11.5. The third-order valence-corrected chi connectivity index (χ3v) is 3.91. The van der Waals surface area contributed by atoms with Crippen LogP contribution in [-0.4, -0.2) is 17.1 Å². The molecule has 0 amide bonds. The van der Waals surface area contributed by atoms with Gasteiger partial charge in [0.05, 0.1) is 0 Å². The summed E-state index contributed by atoms with van der Waals surface area (Å²) in [5.74, 6) is 0. The highest BCUT2D eigenvalue weighted by atomic mass is 14.9. The van der Waals surface area contributed by atoms with Gasteiger partial charge in [-0.3, -0.25) is 0 Å². The van der Waals surface area contributed by atoms with Crippen molar-refractivity contribution in [3.05, 3.63) is 35.0 Å². The topological polar surface area (TPSA) is 27.8 Å². The summed E-state index contributed by atoms with van der Waals surface area (Å²) in [7, 11) is 0. The predicted molar refractivity (Wildman–Crippen MR) is 77.1 cm³/mol. The molecule has 0 bridgehead atoms. The molecule has 0 saturated carbocycles. The van der Waals surface area contributed by atoms with E-state index in [1.165, 1.54) is 40.6 Å². The standard InChI is InChI=1S/C16H22N2/c1-10(2)17-12-5-7-15-14(9-12)13-6-4-11(3)8-16(13)18-15/h4,6,8,10,12,17-18H,5,7,9H2,1-3H3. The van der Waals surface area contributed by atoms with E-state index in [0.29, 0.717) is 12.1 Å². The van der Waals surface area contributed by atoms with Crippen molar-refractivity contribution in [2.45, 2.75) is 52.1 Å². The number of rotatable bonds is 2. The largest absolute Gasteiger partial charge is 0.358 e. The molecule has 1 aliphatic rings. The van der Waals surface area contributed by atoms with Crippen LogP contribution in [0.3, 0.4) is 0 Å². The zero-order valence-corrected chi connectivity index (χ0v) is 11.5. The molecule has 0 fully saturated rings. The number of fused-ring (bicyclic) bond motifs is 3. The Morgan fingerprint density at radius 3 is 2.94 bits per heavy atom. The summed E-state index contributed by atoms with van der Waals surface area (Å²) in [6, 6.07) is 7.97. The Kier molecular flexibility index (Phi) is 2.90.